The predicted molar refractivity (Wildman–Crippen MR) is 80.4 cm³/mol. The summed E-state index contributed by atoms with van der Waals surface area (Å²) < 4.78 is 1.15. The molecule has 0 aliphatic rings. The molecule has 16 heavy (non-hydrogen) atoms. The molecule has 90 valence electrons. The summed E-state index contributed by atoms with van der Waals surface area (Å²) >= 11 is 8.36. The SMILES string of the molecule is CC(C)(C)NCCNc1ccc(I)cc1Cl. The van der Waals surface area contributed by atoms with E-state index in [0.717, 1.165) is 27.4 Å². The molecule has 0 aliphatic carbocycles. The molecule has 0 heterocycles. The van der Waals surface area contributed by atoms with Crippen molar-refractivity contribution >= 4 is 39.9 Å². The molecule has 0 unspecified atom stereocenters. The van der Waals surface area contributed by atoms with Crippen LogP contribution in [0.4, 0.5) is 5.69 Å². The number of rotatable bonds is 4. The van der Waals surface area contributed by atoms with Gasteiger partial charge in [-0.25, -0.2) is 0 Å². The van der Waals surface area contributed by atoms with Crippen LogP contribution in [0.15, 0.2) is 18.2 Å². The molecular weight excluding hydrogens is 335 g/mol. The lowest BCUT2D eigenvalue weighted by atomic mass is 10.1. The van der Waals surface area contributed by atoms with Gasteiger partial charge in [0.1, 0.15) is 0 Å². The lowest BCUT2D eigenvalue weighted by Crippen LogP contribution is -2.38. The van der Waals surface area contributed by atoms with Gasteiger partial charge in [-0.1, -0.05) is 11.6 Å². The Labute approximate surface area is 116 Å². The van der Waals surface area contributed by atoms with E-state index in [1.54, 1.807) is 0 Å². The third-order valence-corrected chi connectivity index (χ3v) is 3.01. The second kappa shape index (κ2) is 6.07. The molecule has 1 aromatic carbocycles. The lowest BCUT2D eigenvalue weighted by molar-refractivity contribution is 0.435. The average molecular weight is 353 g/mol. The number of anilines is 1. The van der Waals surface area contributed by atoms with E-state index in [-0.39, 0.29) is 5.54 Å². The van der Waals surface area contributed by atoms with Crippen LogP contribution in [-0.4, -0.2) is 18.6 Å². The largest absolute Gasteiger partial charge is 0.383 e. The van der Waals surface area contributed by atoms with Crippen LogP contribution >= 0.6 is 34.2 Å². The van der Waals surface area contributed by atoms with E-state index in [9.17, 15) is 0 Å². The topological polar surface area (TPSA) is 24.1 Å². The number of halogens is 2. The molecule has 0 saturated carbocycles. The van der Waals surface area contributed by atoms with Crippen molar-refractivity contribution in [2.45, 2.75) is 26.3 Å². The van der Waals surface area contributed by atoms with E-state index in [0.29, 0.717) is 0 Å². The van der Waals surface area contributed by atoms with E-state index in [1.165, 1.54) is 0 Å². The molecule has 0 aromatic heterocycles. The standard InChI is InChI=1S/C12H18ClIN2/c1-12(2,3)16-7-6-15-11-5-4-9(14)8-10(11)13/h4-5,8,15-16H,6-7H2,1-3H3. The zero-order chi connectivity index (χ0) is 12.2. The molecule has 1 rings (SSSR count). The Morgan fingerprint density at radius 1 is 1.25 bits per heavy atom. The van der Waals surface area contributed by atoms with Gasteiger partial charge in [0.15, 0.2) is 0 Å². The summed E-state index contributed by atoms with van der Waals surface area (Å²) in [6.07, 6.45) is 0. The van der Waals surface area contributed by atoms with E-state index >= 15 is 0 Å². The van der Waals surface area contributed by atoms with E-state index in [1.807, 2.05) is 18.2 Å². The minimum absolute atomic E-state index is 0.164. The van der Waals surface area contributed by atoms with Crippen molar-refractivity contribution in [2.75, 3.05) is 18.4 Å². The highest BCUT2D eigenvalue weighted by atomic mass is 127. The summed E-state index contributed by atoms with van der Waals surface area (Å²) in [5, 5.41) is 7.51. The van der Waals surface area contributed by atoms with Crippen LogP contribution in [0.2, 0.25) is 5.02 Å². The molecule has 0 radical (unpaired) electrons. The summed E-state index contributed by atoms with van der Waals surface area (Å²) in [7, 11) is 0. The monoisotopic (exact) mass is 352 g/mol. The van der Waals surface area contributed by atoms with Crippen molar-refractivity contribution in [3.05, 3.63) is 26.8 Å². The molecular formula is C12H18ClIN2. The molecule has 4 heteroatoms. The quantitative estimate of drug-likeness (QED) is 0.637. The van der Waals surface area contributed by atoms with Gasteiger partial charge in [-0.15, -0.1) is 0 Å². The maximum absolute atomic E-state index is 6.11. The van der Waals surface area contributed by atoms with Crippen LogP contribution in [0.25, 0.3) is 0 Å². The Bertz CT molecular complexity index is 347. The Balaban J connectivity index is 2.38. The Hall–Kier alpha value is -0.0000000000000000555. The summed E-state index contributed by atoms with van der Waals surface area (Å²) in [5.41, 5.74) is 1.16. The van der Waals surface area contributed by atoms with Crippen LogP contribution in [-0.2, 0) is 0 Å². The fourth-order valence-electron chi connectivity index (χ4n) is 1.27. The van der Waals surface area contributed by atoms with Crippen molar-refractivity contribution in [2.24, 2.45) is 0 Å². The van der Waals surface area contributed by atoms with Crippen LogP contribution in [0.5, 0.6) is 0 Å². The van der Waals surface area contributed by atoms with Crippen molar-refractivity contribution in [3.63, 3.8) is 0 Å². The van der Waals surface area contributed by atoms with Crippen LogP contribution in [0.1, 0.15) is 20.8 Å². The van der Waals surface area contributed by atoms with E-state index in [2.05, 4.69) is 54.0 Å². The van der Waals surface area contributed by atoms with Gasteiger partial charge in [-0.05, 0) is 61.6 Å². The fraction of sp³-hybridized carbons (Fsp3) is 0.500. The van der Waals surface area contributed by atoms with Gasteiger partial charge in [0.05, 0.1) is 10.7 Å². The average Bonchev–Trinajstić information content (AvgIpc) is 2.13. The van der Waals surface area contributed by atoms with Crippen molar-refractivity contribution in [3.8, 4) is 0 Å². The van der Waals surface area contributed by atoms with Gasteiger partial charge < -0.3 is 10.6 Å². The molecule has 1 aromatic rings. The maximum Gasteiger partial charge on any atom is 0.0648 e. The molecule has 0 amide bonds. The molecule has 0 aliphatic heterocycles. The second-order valence-corrected chi connectivity index (χ2v) is 6.38. The first-order chi connectivity index (χ1) is 7.38. The summed E-state index contributed by atoms with van der Waals surface area (Å²) in [4.78, 5) is 0. The fourth-order valence-corrected chi connectivity index (χ4v) is 2.19. The first-order valence-electron chi connectivity index (χ1n) is 5.32. The maximum atomic E-state index is 6.11. The molecule has 0 atom stereocenters. The number of hydrogen-bond donors (Lipinski definition) is 2. The van der Waals surface area contributed by atoms with Crippen LogP contribution < -0.4 is 10.6 Å². The summed E-state index contributed by atoms with van der Waals surface area (Å²) in [5.74, 6) is 0. The normalized spacial score (nSPS) is 11.6. The van der Waals surface area contributed by atoms with Crippen molar-refractivity contribution < 1.29 is 0 Å². The van der Waals surface area contributed by atoms with Crippen LogP contribution in [0, 0.1) is 3.57 Å². The molecule has 2 N–H and O–H groups in total. The highest BCUT2D eigenvalue weighted by Gasteiger charge is 2.07. The summed E-state index contributed by atoms with van der Waals surface area (Å²) in [6.45, 7) is 8.27. The molecule has 0 spiro atoms. The smallest absolute Gasteiger partial charge is 0.0648 e. The Kier molecular flexibility index (Phi) is 5.34. The van der Waals surface area contributed by atoms with Crippen LogP contribution in [0.3, 0.4) is 0 Å². The summed E-state index contributed by atoms with van der Waals surface area (Å²) in [6, 6.07) is 6.02. The Morgan fingerprint density at radius 3 is 2.50 bits per heavy atom. The van der Waals surface area contributed by atoms with Gasteiger partial charge >= 0.3 is 0 Å². The number of benzene rings is 1. The van der Waals surface area contributed by atoms with Crippen molar-refractivity contribution in [1.29, 1.82) is 0 Å². The second-order valence-electron chi connectivity index (χ2n) is 4.73. The van der Waals surface area contributed by atoms with Gasteiger partial charge in [0, 0.05) is 22.2 Å². The number of nitrogens with one attached hydrogen (secondary N) is 2. The first-order valence-corrected chi connectivity index (χ1v) is 6.78. The zero-order valence-corrected chi connectivity index (χ0v) is 12.8. The molecule has 0 saturated heterocycles. The number of hydrogen-bond acceptors (Lipinski definition) is 2. The third-order valence-electron chi connectivity index (χ3n) is 2.03. The van der Waals surface area contributed by atoms with E-state index in [4.69, 9.17) is 11.6 Å². The predicted octanol–water partition coefficient (Wildman–Crippen LogP) is 3.74. The minimum atomic E-state index is 0.164. The van der Waals surface area contributed by atoms with Gasteiger partial charge in [-0.3, -0.25) is 0 Å². The van der Waals surface area contributed by atoms with Gasteiger partial charge in [-0.2, -0.15) is 0 Å². The third kappa shape index (κ3) is 5.37. The molecule has 0 bridgehead atoms. The first kappa shape index (κ1) is 14.1. The van der Waals surface area contributed by atoms with Gasteiger partial charge in [0.25, 0.3) is 0 Å². The van der Waals surface area contributed by atoms with Crippen molar-refractivity contribution in [1.82, 2.24) is 5.32 Å². The Morgan fingerprint density at radius 2 is 1.94 bits per heavy atom. The highest BCUT2D eigenvalue weighted by Crippen LogP contribution is 2.23. The minimum Gasteiger partial charge on any atom is -0.383 e. The highest BCUT2D eigenvalue weighted by molar-refractivity contribution is 14.1. The van der Waals surface area contributed by atoms with Gasteiger partial charge in [0.2, 0.25) is 0 Å². The lowest BCUT2D eigenvalue weighted by Gasteiger charge is -2.20. The molecule has 0 fully saturated rings. The van der Waals surface area contributed by atoms with E-state index < -0.39 is 0 Å². The zero-order valence-electron chi connectivity index (χ0n) is 9.90. The molecule has 2 nitrogen and oxygen atoms in total.